The number of hydrogen-bond donors (Lipinski definition) is 0. The molecule has 2 aliphatic heterocycles. The van der Waals surface area contributed by atoms with Gasteiger partial charge in [0.15, 0.2) is 0 Å². The third-order valence-corrected chi connectivity index (χ3v) is 5.81. The number of aromatic nitrogens is 2. The van der Waals surface area contributed by atoms with Crippen LogP contribution in [0.1, 0.15) is 19.4 Å². The highest BCUT2D eigenvalue weighted by atomic mass is 32.2. The summed E-state index contributed by atoms with van der Waals surface area (Å²) >= 11 is 1.47. The van der Waals surface area contributed by atoms with Gasteiger partial charge in [0, 0.05) is 31.4 Å². The van der Waals surface area contributed by atoms with Gasteiger partial charge >= 0.3 is 0 Å². The lowest BCUT2D eigenvalue weighted by atomic mass is 10.2. The Morgan fingerprint density at radius 2 is 2.00 bits per heavy atom. The number of nitrogens with zero attached hydrogens (tertiary/aromatic N) is 4. The van der Waals surface area contributed by atoms with E-state index in [4.69, 9.17) is 4.74 Å². The Hall–Kier alpha value is -2.12. The molecule has 142 valence electrons. The number of para-hydroxylation sites is 1. The molecule has 2 atom stereocenters. The average Bonchev–Trinajstić information content (AvgIpc) is 3.10. The van der Waals surface area contributed by atoms with Gasteiger partial charge in [-0.2, -0.15) is 0 Å². The zero-order valence-electron chi connectivity index (χ0n) is 15.7. The van der Waals surface area contributed by atoms with Crippen LogP contribution in [0.2, 0.25) is 0 Å². The molecule has 0 spiro atoms. The molecule has 6 nitrogen and oxygen atoms in total. The van der Waals surface area contributed by atoms with Gasteiger partial charge in [0.2, 0.25) is 5.91 Å². The minimum atomic E-state index is 0.124. The Bertz CT molecular complexity index is 821. The molecule has 0 saturated carbocycles. The number of anilines is 2. The molecule has 27 heavy (non-hydrogen) atoms. The first-order valence-electron chi connectivity index (χ1n) is 9.33. The van der Waals surface area contributed by atoms with Crippen molar-refractivity contribution in [2.75, 3.05) is 35.2 Å². The maximum Gasteiger partial charge on any atom is 0.237 e. The summed E-state index contributed by atoms with van der Waals surface area (Å²) in [6, 6.07) is 10.1. The highest BCUT2D eigenvalue weighted by Gasteiger charge is 2.25. The van der Waals surface area contributed by atoms with E-state index in [1.54, 1.807) is 6.33 Å². The summed E-state index contributed by atoms with van der Waals surface area (Å²) in [5, 5.41) is 0.827. The molecule has 2 unspecified atom stereocenters. The lowest BCUT2D eigenvalue weighted by Crippen LogP contribution is -2.45. The van der Waals surface area contributed by atoms with Crippen LogP contribution in [0, 0.1) is 0 Å². The average molecular weight is 385 g/mol. The molecule has 0 bridgehead atoms. The standard InChI is InChI=1S/C20H24N4O2S/c1-14-10-23(11-15(2)26-14)18-9-19(22-13-21-18)27-12-20(25)24-8-7-16-5-3-4-6-17(16)24/h3-6,9,13-15H,7-8,10-12H2,1-2H3. The van der Waals surface area contributed by atoms with E-state index < -0.39 is 0 Å². The van der Waals surface area contributed by atoms with Crippen LogP contribution in [-0.4, -0.2) is 53.5 Å². The van der Waals surface area contributed by atoms with Gasteiger partial charge in [-0.15, -0.1) is 0 Å². The first-order chi connectivity index (χ1) is 13.1. The normalized spacial score (nSPS) is 22.0. The smallest absolute Gasteiger partial charge is 0.237 e. The van der Waals surface area contributed by atoms with E-state index in [1.807, 2.05) is 29.2 Å². The molecule has 1 aromatic carbocycles. The lowest BCUT2D eigenvalue weighted by Gasteiger charge is -2.36. The third-order valence-electron chi connectivity index (χ3n) is 4.90. The molecule has 0 N–H and O–H groups in total. The number of thioether (sulfide) groups is 1. The topological polar surface area (TPSA) is 58.6 Å². The number of ether oxygens (including phenoxy) is 1. The minimum Gasteiger partial charge on any atom is -0.372 e. The van der Waals surface area contributed by atoms with E-state index in [2.05, 4.69) is 34.8 Å². The zero-order valence-corrected chi connectivity index (χ0v) is 16.5. The van der Waals surface area contributed by atoms with Crippen LogP contribution in [0.3, 0.4) is 0 Å². The van der Waals surface area contributed by atoms with Gasteiger partial charge in [-0.1, -0.05) is 30.0 Å². The lowest BCUT2D eigenvalue weighted by molar-refractivity contribution is -0.116. The summed E-state index contributed by atoms with van der Waals surface area (Å²) in [6.45, 7) is 6.54. The number of amides is 1. The van der Waals surface area contributed by atoms with Crippen molar-refractivity contribution < 1.29 is 9.53 Å². The summed E-state index contributed by atoms with van der Waals surface area (Å²) in [7, 11) is 0. The van der Waals surface area contributed by atoms with Gasteiger partial charge in [0.25, 0.3) is 0 Å². The molecule has 1 amide bonds. The zero-order chi connectivity index (χ0) is 18.8. The summed E-state index contributed by atoms with van der Waals surface area (Å²) in [4.78, 5) is 25.6. The van der Waals surface area contributed by atoms with Gasteiger partial charge in [-0.3, -0.25) is 4.79 Å². The van der Waals surface area contributed by atoms with Crippen LogP contribution in [0.5, 0.6) is 0 Å². The van der Waals surface area contributed by atoms with Crippen molar-refractivity contribution in [3.63, 3.8) is 0 Å². The number of rotatable bonds is 4. The summed E-state index contributed by atoms with van der Waals surface area (Å²) in [5.41, 5.74) is 2.29. The van der Waals surface area contributed by atoms with Crippen LogP contribution in [-0.2, 0) is 16.0 Å². The third kappa shape index (κ3) is 4.09. The fourth-order valence-electron chi connectivity index (χ4n) is 3.76. The molecule has 2 aliphatic rings. The van der Waals surface area contributed by atoms with Gasteiger partial charge in [0.05, 0.1) is 18.0 Å². The Balaban J connectivity index is 1.40. The predicted octanol–water partition coefficient (Wildman–Crippen LogP) is 2.77. The maximum absolute atomic E-state index is 12.7. The molecule has 2 aromatic rings. The van der Waals surface area contributed by atoms with E-state index in [1.165, 1.54) is 17.3 Å². The van der Waals surface area contributed by atoms with Crippen molar-refractivity contribution in [3.05, 3.63) is 42.2 Å². The molecule has 1 aromatic heterocycles. The van der Waals surface area contributed by atoms with Crippen LogP contribution < -0.4 is 9.80 Å². The Labute approximate surface area is 163 Å². The second-order valence-corrected chi connectivity index (χ2v) is 8.09. The molecule has 0 aliphatic carbocycles. The molecule has 1 saturated heterocycles. The summed E-state index contributed by atoms with van der Waals surface area (Å²) < 4.78 is 5.79. The second kappa shape index (κ2) is 7.86. The number of benzene rings is 1. The summed E-state index contributed by atoms with van der Waals surface area (Å²) in [5.74, 6) is 1.40. The number of carbonyl (C=O) groups excluding carboxylic acids is 1. The fourth-order valence-corrected chi connectivity index (χ4v) is 4.50. The van der Waals surface area contributed by atoms with Gasteiger partial charge in [0.1, 0.15) is 17.2 Å². The van der Waals surface area contributed by atoms with Gasteiger partial charge in [-0.05, 0) is 31.9 Å². The molecule has 3 heterocycles. The molecule has 7 heteroatoms. The number of hydrogen-bond acceptors (Lipinski definition) is 6. The molecular weight excluding hydrogens is 360 g/mol. The van der Waals surface area contributed by atoms with Crippen molar-refractivity contribution in [3.8, 4) is 0 Å². The number of carbonyl (C=O) groups is 1. The largest absolute Gasteiger partial charge is 0.372 e. The highest BCUT2D eigenvalue weighted by Crippen LogP contribution is 2.29. The molecule has 1 fully saturated rings. The summed E-state index contributed by atoms with van der Waals surface area (Å²) in [6.07, 6.45) is 2.86. The Morgan fingerprint density at radius 3 is 2.81 bits per heavy atom. The van der Waals surface area contributed by atoms with E-state index in [9.17, 15) is 4.79 Å². The van der Waals surface area contributed by atoms with Crippen molar-refractivity contribution in [2.45, 2.75) is 37.5 Å². The fraction of sp³-hybridized carbons (Fsp3) is 0.450. The Kier molecular flexibility index (Phi) is 5.31. The molecule has 4 rings (SSSR count). The van der Waals surface area contributed by atoms with Crippen LogP contribution >= 0.6 is 11.8 Å². The second-order valence-electron chi connectivity index (χ2n) is 7.09. The quantitative estimate of drug-likeness (QED) is 0.597. The van der Waals surface area contributed by atoms with E-state index in [0.717, 1.165) is 42.6 Å². The van der Waals surface area contributed by atoms with Crippen molar-refractivity contribution in [1.29, 1.82) is 0 Å². The van der Waals surface area contributed by atoms with Crippen molar-refractivity contribution in [2.24, 2.45) is 0 Å². The minimum absolute atomic E-state index is 0.124. The van der Waals surface area contributed by atoms with E-state index in [-0.39, 0.29) is 18.1 Å². The van der Waals surface area contributed by atoms with Crippen LogP contribution in [0.15, 0.2) is 41.7 Å². The SMILES string of the molecule is CC1CN(c2cc(SCC(=O)N3CCc4ccccc43)ncn2)CC(C)O1. The van der Waals surface area contributed by atoms with Gasteiger partial charge in [-0.25, -0.2) is 9.97 Å². The molecule has 0 radical (unpaired) electrons. The van der Waals surface area contributed by atoms with E-state index >= 15 is 0 Å². The predicted molar refractivity (Wildman–Crippen MR) is 107 cm³/mol. The number of morpholine rings is 1. The number of fused-ring (bicyclic) bond motifs is 1. The van der Waals surface area contributed by atoms with Crippen molar-refractivity contribution in [1.82, 2.24) is 9.97 Å². The maximum atomic E-state index is 12.7. The Morgan fingerprint density at radius 1 is 1.22 bits per heavy atom. The van der Waals surface area contributed by atoms with Crippen LogP contribution in [0.4, 0.5) is 11.5 Å². The van der Waals surface area contributed by atoms with Crippen molar-refractivity contribution >= 4 is 29.2 Å². The first-order valence-corrected chi connectivity index (χ1v) is 10.3. The van der Waals surface area contributed by atoms with Gasteiger partial charge < -0.3 is 14.5 Å². The van der Waals surface area contributed by atoms with E-state index in [0.29, 0.717) is 5.75 Å². The molecular formula is C20H24N4O2S. The highest BCUT2D eigenvalue weighted by molar-refractivity contribution is 7.99. The van der Waals surface area contributed by atoms with Crippen LogP contribution in [0.25, 0.3) is 0 Å². The monoisotopic (exact) mass is 384 g/mol. The first kappa shape index (κ1) is 18.3.